The number of thioether (sulfide) groups is 1. The van der Waals surface area contributed by atoms with Crippen LogP contribution < -0.4 is 5.32 Å². The zero-order chi connectivity index (χ0) is 17.5. The molecule has 0 heterocycles. The largest absolute Gasteiger partial charge is 0.452 e. The summed E-state index contributed by atoms with van der Waals surface area (Å²) < 4.78 is 5.10. The molecule has 126 valence electrons. The second kappa shape index (κ2) is 8.76. The number of rotatable bonds is 6. The number of halogens is 1. The first-order valence-electron chi connectivity index (χ1n) is 7.37. The van der Waals surface area contributed by atoms with Crippen molar-refractivity contribution in [2.24, 2.45) is 0 Å². The summed E-state index contributed by atoms with van der Waals surface area (Å²) in [4.78, 5) is 24.9. The van der Waals surface area contributed by atoms with Gasteiger partial charge in [-0.3, -0.25) is 4.79 Å². The number of carbonyl (C=O) groups is 2. The van der Waals surface area contributed by atoms with E-state index in [4.69, 9.17) is 16.3 Å². The normalized spacial score (nSPS) is 11.6. The maximum absolute atomic E-state index is 12.1. The molecule has 2 rings (SSSR count). The molecule has 2 aromatic rings. The van der Waals surface area contributed by atoms with E-state index < -0.39 is 5.97 Å². The van der Waals surface area contributed by atoms with Crippen LogP contribution in [0.1, 0.15) is 28.9 Å². The van der Waals surface area contributed by atoms with Gasteiger partial charge >= 0.3 is 5.97 Å². The molecule has 0 aliphatic carbocycles. The Kier molecular flexibility index (Phi) is 6.70. The second-order valence-corrected chi connectivity index (χ2v) is 6.34. The third kappa shape index (κ3) is 4.76. The molecule has 0 unspecified atom stereocenters. The van der Waals surface area contributed by atoms with Gasteiger partial charge in [0.2, 0.25) is 0 Å². The smallest absolute Gasteiger partial charge is 0.339 e. The van der Waals surface area contributed by atoms with Crippen molar-refractivity contribution in [3.05, 3.63) is 64.7 Å². The molecule has 0 aliphatic rings. The van der Waals surface area contributed by atoms with Crippen LogP contribution in [0.4, 0.5) is 0 Å². The molecule has 0 fully saturated rings. The Hall–Kier alpha value is -1.98. The number of amides is 1. The molecule has 2 aromatic carbocycles. The zero-order valence-corrected chi connectivity index (χ0v) is 15.0. The monoisotopic (exact) mass is 363 g/mol. The minimum Gasteiger partial charge on any atom is -0.452 e. The molecule has 1 N–H and O–H groups in total. The van der Waals surface area contributed by atoms with Gasteiger partial charge in [-0.15, -0.1) is 11.8 Å². The van der Waals surface area contributed by atoms with Crippen LogP contribution >= 0.6 is 23.4 Å². The van der Waals surface area contributed by atoms with E-state index in [0.29, 0.717) is 10.6 Å². The Morgan fingerprint density at radius 1 is 1.17 bits per heavy atom. The third-order valence-corrected chi connectivity index (χ3v) is 4.55. The van der Waals surface area contributed by atoms with Crippen LogP contribution in [0.3, 0.4) is 0 Å². The highest BCUT2D eigenvalue weighted by atomic mass is 35.5. The van der Waals surface area contributed by atoms with Crippen LogP contribution in [0.25, 0.3) is 0 Å². The fraction of sp³-hybridized carbons (Fsp3) is 0.222. The molecular weight excluding hydrogens is 346 g/mol. The quantitative estimate of drug-likeness (QED) is 0.620. The van der Waals surface area contributed by atoms with Crippen LogP contribution in [0.15, 0.2) is 53.4 Å². The van der Waals surface area contributed by atoms with E-state index in [1.54, 1.807) is 18.2 Å². The average Bonchev–Trinajstić information content (AvgIpc) is 2.59. The number of nitrogens with one attached hydrogen (secondary N) is 1. The van der Waals surface area contributed by atoms with Crippen molar-refractivity contribution in [1.82, 2.24) is 5.32 Å². The molecule has 0 radical (unpaired) electrons. The van der Waals surface area contributed by atoms with Gasteiger partial charge in [-0.05, 0) is 36.9 Å². The minimum atomic E-state index is -0.513. The van der Waals surface area contributed by atoms with E-state index in [2.05, 4.69) is 5.32 Å². The maximum atomic E-state index is 12.1. The lowest BCUT2D eigenvalue weighted by Crippen LogP contribution is -2.31. The summed E-state index contributed by atoms with van der Waals surface area (Å²) in [6.45, 7) is 1.49. The summed E-state index contributed by atoms with van der Waals surface area (Å²) in [6, 6.07) is 14.1. The molecule has 24 heavy (non-hydrogen) atoms. The van der Waals surface area contributed by atoms with Crippen molar-refractivity contribution in [2.45, 2.75) is 17.9 Å². The molecule has 4 nitrogen and oxygen atoms in total. The fourth-order valence-electron chi connectivity index (χ4n) is 2.21. The summed E-state index contributed by atoms with van der Waals surface area (Å²) in [5.41, 5.74) is 1.27. The van der Waals surface area contributed by atoms with E-state index in [1.807, 2.05) is 43.5 Å². The highest BCUT2D eigenvalue weighted by Crippen LogP contribution is 2.22. The number of carbonyl (C=O) groups excluding carboxylic acids is 2. The predicted octanol–water partition coefficient (Wildman–Crippen LogP) is 4.10. The van der Waals surface area contributed by atoms with Gasteiger partial charge in [0, 0.05) is 9.92 Å². The second-order valence-electron chi connectivity index (χ2n) is 5.09. The van der Waals surface area contributed by atoms with Gasteiger partial charge in [0.05, 0.1) is 11.6 Å². The van der Waals surface area contributed by atoms with Crippen LogP contribution in [0, 0.1) is 0 Å². The van der Waals surface area contributed by atoms with Gasteiger partial charge in [-0.2, -0.15) is 0 Å². The van der Waals surface area contributed by atoms with Gasteiger partial charge in [0.15, 0.2) is 6.61 Å². The molecule has 0 aliphatic heterocycles. The zero-order valence-electron chi connectivity index (χ0n) is 13.4. The number of esters is 1. The Morgan fingerprint density at radius 3 is 2.54 bits per heavy atom. The van der Waals surface area contributed by atoms with Crippen molar-refractivity contribution >= 4 is 35.2 Å². The summed E-state index contributed by atoms with van der Waals surface area (Å²) >= 11 is 7.56. The lowest BCUT2D eigenvalue weighted by atomic mass is 10.1. The number of hydrogen-bond acceptors (Lipinski definition) is 4. The van der Waals surface area contributed by atoms with E-state index in [0.717, 1.165) is 10.5 Å². The first-order valence-corrected chi connectivity index (χ1v) is 8.97. The molecular formula is C18H18ClNO3S. The van der Waals surface area contributed by atoms with E-state index in [1.165, 1.54) is 11.8 Å². The van der Waals surface area contributed by atoms with Crippen LogP contribution in [-0.4, -0.2) is 24.7 Å². The fourth-order valence-corrected chi connectivity index (χ4v) is 3.09. The molecule has 1 amide bonds. The van der Waals surface area contributed by atoms with Gasteiger partial charge < -0.3 is 10.1 Å². The van der Waals surface area contributed by atoms with Crippen molar-refractivity contribution in [3.8, 4) is 0 Å². The van der Waals surface area contributed by atoms with Crippen molar-refractivity contribution in [3.63, 3.8) is 0 Å². The van der Waals surface area contributed by atoms with Gasteiger partial charge in [0.1, 0.15) is 0 Å². The van der Waals surface area contributed by atoms with Crippen molar-refractivity contribution < 1.29 is 14.3 Å². The first-order chi connectivity index (χ1) is 11.5. The van der Waals surface area contributed by atoms with E-state index in [-0.39, 0.29) is 18.6 Å². The van der Waals surface area contributed by atoms with Crippen molar-refractivity contribution in [1.29, 1.82) is 0 Å². The number of hydrogen-bond donors (Lipinski definition) is 1. The Morgan fingerprint density at radius 2 is 1.83 bits per heavy atom. The molecule has 0 bridgehead atoms. The highest BCUT2D eigenvalue weighted by molar-refractivity contribution is 7.98. The summed E-state index contributed by atoms with van der Waals surface area (Å²) in [7, 11) is 0. The number of ether oxygens (including phenoxy) is 1. The van der Waals surface area contributed by atoms with Crippen LogP contribution in [-0.2, 0) is 9.53 Å². The standard InChI is InChI=1S/C18H18ClNO3S/c1-12(13-7-3-5-9-15(13)19)20-17(21)11-23-18(22)14-8-4-6-10-16(14)24-2/h3-10,12H,11H2,1-2H3,(H,20,21)/t12-/m1/s1. The van der Waals surface area contributed by atoms with Gasteiger partial charge in [0.25, 0.3) is 5.91 Å². The minimum absolute atomic E-state index is 0.275. The van der Waals surface area contributed by atoms with E-state index in [9.17, 15) is 9.59 Å². The summed E-state index contributed by atoms with van der Waals surface area (Å²) in [5, 5.41) is 3.35. The lowest BCUT2D eigenvalue weighted by molar-refractivity contribution is -0.124. The molecule has 6 heteroatoms. The highest BCUT2D eigenvalue weighted by Gasteiger charge is 2.16. The summed E-state index contributed by atoms with van der Waals surface area (Å²) in [5.74, 6) is -0.891. The molecule has 1 atom stereocenters. The Balaban J connectivity index is 1.91. The third-order valence-electron chi connectivity index (χ3n) is 3.41. The van der Waals surface area contributed by atoms with Gasteiger partial charge in [-0.1, -0.05) is 41.9 Å². The molecule has 0 aromatic heterocycles. The lowest BCUT2D eigenvalue weighted by Gasteiger charge is -2.15. The van der Waals surface area contributed by atoms with Crippen LogP contribution in [0.2, 0.25) is 5.02 Å². The Labute approximate surface area is 150 Å². The average molecular weight is 364 g/mol. The van der Waals surface area contributed by atoms with Crippen molar-refractivity contribution in [2.75, 3.05) is 12.9 Å². The number of benzene rings is 2. The van der Waals surface area contributed by atoms with Crippen LogP contribution in [0.5, 0.6) is 0 Å². The predicted molar refractivity (Wildman–Crippen MR) is 96.5 cm³/mol. The SMILES string of the molecule is CSc1ccccc1C(=O)OCC(=O)N[C@H](C)c1ccccc1Cl. The first kappa shape index (κ1) is 18.4. The van der Waals surface area contributed by atoms with E-state index >= 15 is 0 Å². The molecule has 0 saturated carbocycles. The summed E-state index contributed by atoms with van der Waals surface area (Å²) in [6.07, 6.45) is 1.88. The topological polar surface area (TPSA) is 55.4 Å². The Bertz CT molecular complexity index is 736. The molecule has 0 spiro atoms. The molecule has 0 saturated heterocycles. The van der Waals surface area contributed by atoms with Gasteiger partial charge in [-0.25, -0.2) is 4.79 Å². The maximum Gasteiger partial charge on any atom is 0.339 e.